The van der Waals surface area contributed by atoms with Crippen molar-refractivity contribution in [2.45, 2.75) is 30.9 Å². The molecular formula is C13H15BrO3S. The zero-order valence-electron chi connectivity index (χ0n) is 10.5. The number of carbonyl (C=O) groups excluding carboxylic acids is 2. The molecule has 0 amide bonds. The maximum absolute atomic E-state index is 11.7. The molecule has 0 saturated carbocycles. The van der Waals surface area contributed by atoms with Crippen LogP contribution in [0.1, 0.15) is 31.1 Å². The zero-order chi connectivity index (χ0) is 13.7. The normalized spacial score (nSPS) is 10.5. The molecule has 98 valence electrons. The van der Waals surface area contributed by atoms with E-state index in [-0.39, 0.29) is 6.61 Å². The van der Waals surface area contributed by atoms with Gasteiger partial charge in [0.25, 0.3) is 5.78 Å². The number of halogens is 1. The van der Waals surface area contributed by atoms with Gasteiger partial charge in [-0.3, -0.25) is 4.79 Å². The van der Waals surface area contributed by atoms with Crippen molar-refractivity contribution in [3.8, 4) is 0 Å². The smallest absolute Gasteiger partial charge is 0.379 e. The summed E-state index contributed by atoms with van der Waals surface area (Å²) >= 11 is 5.10. The number of rotatable bonds is 5. The predicted molar refractivity (Wildman–Crippen MR) is 76.1 cm³/mol. The second-order valence-electron chi connectivity index (χ2n) is 3.86. The van der Waals surface area contributed by atoms with Gasteiger partial charge in [0.05, 0.1) is 6.61 Å². The highest BCUT2D eigenvalue weighted by Crippen LogP contribution is 2.31. The van der Waals surface area contributed by atoms with E-state index in [1.54, 1.807) is 30.8 Å². The van der Waals surface area contributed by atoms with E-state index in [0.717, 1.165) is 9.37 Å². The summed E-state index contributed by atoms with van der Waals surface area (Å²) in [5.74, 6) is -1.42. The Kier molecular flexibility index (Phi) is 5.88. The fraction of sp³-hybridized carbons (Fsp3) is 0.385. The highest BCUT2D eigenvalue weighted by Gasteiger charge is 2.18. The lowest BCUT2D eigenvalue weighted by molar-refractivity contribution is -0.137. The van der Waals surface area contributed by atoms with Gasteiger partial charge in [0, 0.05) is 20.2 Å². The molecule has 1 aromatic carbocycles. The van der Waals surface area contributed by atoms with Gasteiger partial charge in [-0.15, -0.1) is 11.8 Å². The number of thioether (sulfide) groups is 1. The van der Waals surface area contributed by atoms with E-state index in [1.165, 1.54) is 0 Å². The van der Waals surface area contributed by atoms with E-state index >= 15 is 0 Å². The molecule has 0 aliphatic carbocycles. The summed E-state index contributed by atoms with van der Waals surface area (Å²) in [5.41, 5.74) is 0.341. The molecule has 0 atom stereocenters. The standard InChI is InChI=1S/C13H15BrO3S/c1-4-17-13(16)12(15)9-5-6-11(10(14)7-9)18-8(2)3/h5-8H,4H2,1-3H3. The summed E-state index contributed by atoms with van der Waals surface area (Å²) < 4.78 is 5.50. The lowest BCUT2D eigenvalue weighted by Crippen LogP contribution is -2.17. The number of esters is 1. The summed E-state index contributed by atoms with van der Waals surface area (Å²) in [6.07, 6.45) is 0. The highest BCUT2D eigenvalue weighted by atomic mass is 79.9. The maximum Gasteiger partial charge on any atom is 0.379 e. The molecule has 0 unspecified atom stereocenters. The zero-order valence-corrected chi connectivity index (χ0v) is 12.9. The Balaban J connectivity index is 2.90. The van der Waals surface area contributed by atoms with Crippen LogP contribution in [0.2, 0.25) is 0 Å². The Hall–Kier alpha value is -0.810. The maximum atomic E-state index is 11.7. The number of benzene rings is 1. The largest absolute Gasteiger partial charge is 0.460 e. The Morgan fingerprint density at radius 1 is 1.39 bits per heavy atom. The first-order chi connectivity index (χ1) is 8.45. The molecular weight excluding hydrogens is 316 g/mol. The minimum Gasteiger partial charge on any atom is -0.460 e. The van der Waals surface area contributed by atoms with Gasteiger partial charge < -0.3 is 4.74 Å². The van der Waals surface area contributed by atoms with Crippen LogP contribution < -0.4 is 0 Å². The van der Waals surface area contributed by atoms with Crippen molar-refractivity contribution in [2.24, 2.45) is 0 Å². The summed E-state index contributed by atoms with van der Waals surface area (Å²) in [4.78, 5) is 24.1. The van der Waals surface area contributed by atoms with Crippen LogP contribution in [0.25, 0.3) is 0 Å². The first-order valence-electron chi connectivity index (χ1n) is 5.63. The topological polar surface area (TPSA) is 43.4 Å². The predicted octanol–water partition coefficient (Wildman–Crippen LogP) is 3.70. The van der Waals surface area contributed by atoms with Crippen molar-refractivity contribution < 1.29 is 14.3 Å². The van der Waals surface area contributed by atoms with E-state index in [1.807, 2.05) is 6.07 Å². The van der Waals surface area contributed by atoms with Gasteiger partial charge in [-0.05, 0) is 41.1 Å². The monoisotopic (exact) mass is 330 g/mol. The lowest BCUT2D eigenvalue weighted by Gasteiger charge is -2.08. The van der Waals surface area contributed by atoms with Crippen LogP contribution in [-0.4, -0.2) is 23.6 Å². The first kappa shape index (κ1) is 15.2. The number of ether oxygens (including phenoxy) is 1. The number of ketones is 1. The van der Waals surface area contributed by atoms with E-state index in [2.05, 4.69) is 34.5 Å². The number of carbonyl (C=O) groups is 2. The third kappa shape index (κ3) is 4.14. The first-order valence-corrected chi connectivity index (χ1v) is 7.30. The molecule has 18 heavy (non-hydrogen) atoms. The van der Waals surface area contributed by atoms with Crippen molar-refractivity contribution >= 4 is 39.4 Å². The molecule has 0 aromatic heterocycles. The third-order valence-electron chi connectivity index (χ3n) is 2.02. The quantitative estimate of drug-likeness (QED) is 0.357. The van der Waals surface area contributed by atoms with Crippen molar-refractivity contribution in [3.05, 3.63) is 28.2 Å². The van der Waals surface area contributed by atoms with Gasteiger partial charge in [0.1, 0.15) is 0 Å². The van der Waals surface area contributed by atoms with Crippen LogP contribution >= 0.6 is 27.7 Å². The molecule has 5 heteroatoms. The summed E-state index contributed by atoms with van der Waals surface area (Å²) in [5, 5.41) is 0.452. The van der Waals surface area contributed by atoms with E-state index in [9.17, 15) is 9.59 Å². The molecule has 0 bridgehead atoms. The third-order valence-corrected chi connectivity index (χ3v) is 4.02. The minimum absolute atomic E-state index is 0.201. The SMILES string of the molecule is CCOC(=O)C(=O)c1ccc(SC(C)C)c(Br)c1. The minimum atomic E-state index is -0.811. The molecule has 0 N–H and O–H groups in total. The molecule has 1 rings (SSSR count). The van der Waals surface area contributed by atoms with Gasteiger partial charge in [-0.1, -0.05) is 13.8 Å². The molecule has 0 fully saturated rings. The van der Waals surface area contributed by atoms with Crippen LogP contribution in [0.4, 0.5) is 0 Å². The fourth-order valence-corrected chi connectivity index (χ4v) is 2.79. The summed E-state index contributed by atoms with van der Waals surface area (Å²) in [6.45, 7) is 6.06. The van der Waals surface area contributed by atoms with E-state index < -0.39 is 11.8 Å². The van der Waals surface area contributed by atoms with Gasteiger partial charge in [-0.25, -0.2) is 4.79 Å². The Morgan fingerprint density at radius 3 is 2.56 bits per heavy atom. The number of hydrogen-bond acceptors (Lipinski definition) is 4. The molecule has 3 nitrogen and oxygen atoms in total. The second kappa shape index (κ2) is 6.95. The van der Waals surface area contributed by atoms with Crippen LogP contribution in [0, 0.1) is 0 Å². The van der Waals surface area contributed by atoms with Crippen LogP contribution in [0.5, 0.6) is 0 Å². The van der Waals surface area contributed by atoms with E-state index in [0.29, 0.717) is 10.8 Å². The van der Waals surface area contributed by atoms with Gasteiger partial charge >= 0.3 is 5.97 Å². The van der Waals surface area contributed by atoms with Gasteiger partial charge in [0.15, 0.2) is 0 Å². The van der Waals surface area contributed by atoms with Crippen molar-refractivity contribution in [2.75, 3.05) is 6.61 Å². The Morgan fingerprint density at radius 2 is 2.06 bits per heavy atom. The average molecular weight is 331 g/mol. The molecule has 0 saturated heterocycles. The number of hydrogen-bond donors (Lipinski definition) is 0. The molecule has 1 aromatic rings. The lowest BCUT2D eigenvalue weighted by atomic mass is 10.1. The van der Waals surface area contributed by atoms with Crippen molar-refractivity contribution in [1.82, 2.24) is 0 Å². The molecule has 0 heterocycles. The van der Waals surface area contributed by atoms with Gasteiger partial charge in [0.2, 0.25) is 0 Å². The van der Waals surface area contributed by atoms with Crippen molar-refractivity contribution in [1.29, 1.82) is 0 Å². The summed E-state index contributed by atoms with van der Waals surface area (Å²) in [6, 6.07) is 5.14. The van der Waals surface area contributed by atoms with Gasteiger partial charge in [-0.2, -0.15) is 0 Å². The second-order valence-corrected chi connectivity index (χ2v) is 6.33. The Bertz CT molecular complexity index is 458. The van der Waals surface area contributed by atoms with Crippen LogP contribution in [0.3, 0.4) is 0 Å². The molecule has 0 spiro atoms. The Labute approximate surface area is 119 Å². The summed E-state index contributed by atoms with van der Waals surface area (Å²) in [7, 11) is 0. The fourth-order valence-electron chi connectivity index (χ4n) is 1.31. The molecule has 0 aliphatic rings. The molecule has 0 aliphatic heterocycles. The number of Topliss-reactive ketones (excluding diaryl/α,β-unsaturated/α-hetero) is 1. The molecule has 0 radical (unpaired) electrons. The van der Waals surface area contributed by atoms with E-state index in [4.69, 9.17) is 0 Å². The van der Waals surface area contributed by atoms with Crippen LogP contribution in [0.15, 0.2) is 27.6 Å². The van der Waals surface area contributed by atoms with Crippen molar-refractivity contribution in [3.63, 3.8) is 0 Å². The average Bonchev–Trinajstić information content (AvgIpc) is 2.30. The van der Waals surface area contributed by atoms with Crippen LogP contribution in [-0.2, 0) is 9.53 Å². The highest BCUT2D eigenvalue weighted by molar-refractivity contribution is 9.10.